The zero-order chi connectivity index (χ0) is 11.5. The minimum atomic E-state index is -0.104. The smallest absolute Gasteiger partial charge is 0.203 e. The highest BCUT2D eigenvalue weighted by molar-refractivity contribution is 5.30. The van der Waals surface area contributed by atoms with Gasteiger partial charge in [0.2, 0.25) is 5.95 Å². The molecule has 1 N–H and O–H groups in total. The lowest BCUT2D eigenvalue weighted by Crippen LogP contribution is -2.37. The molecule has 0 radical (unpaired) electrons. The van der Waals surface area contributed by atoms with Crippen molar-refractivity contribution in [2.24, 2.45) is 0 Å². The molecule has 86 valence electrons. The molecule has 15 heavy (non-hydrogen) atoms. The number of nitrogens with zero attached hydrogens (tertiary/aromatic N) is 2. The van der Waals surface area contributed by atoms with Gasteiger partial charge in [0.1, 0.15) is 0 Å². The van der Waals surface area contributed by atoms with Crippen LogP contribution in [-0.4, -0.2) is 28.8 Å². The van der Waals surface area contributed by atoms with Crippen molar-refractivity contribution < 1.29 is 4.74 Å². The molecule has 0 bridgehead atoms. The van der Waals surface area contributed by atoms with E-state index in [9.17, 15) is 0 Å². The molecule has 1 aromatic heterocycles. The first kappa shape index (κ1) is 12.0. The summed E-state index contributed by atoms with van der Waals surface area (Å²) in [5.41, 5.74) is -0.104. The highest BCUT2D eigenvalue weighted by Gasteiger charge is 2.19. The van der Waals surface area contributed by atoms with E-state index in [0.29, 0.717) is 12.6 Å². The van der Waals surface area contributed by atoms with Gasteiger partial charge in [-0.25, -0.2) is 4.98 Å². The summed E-state index contributed by atoms with van der Waals surface area (Å²) < 4.78 is 7.26. The Morgan fingerprint density at radius 2 is 2.20 bits per heavy atom. The van der Waals surface area contributed by atoms with Gasteiger partial charge in [0.05, 0.1) is 12.1 Å². The van der Waals surface area contributed by atoms with E-state index < -0.39 is 0 Å². The quantitative estimate of drug-likeness (QED) is 0.812. The Labute approximate surface area is 91.7 Å². The molecule has 0 aliphatic rings. The molecule has 0 atom stereocenters. The van der Waals surface area contributed by atoms with Gasteiger partial charge in [-0.05, 0) is 27.7 Å². The van der Waals surface area contributed by atoms with Crippen molar-refractivity contribution in [2.45, 2.75) is 39.3 Å². The molecule has 0 fully saturated rings. The van der Waals surface area contributed by atoms with Crippen molar-refractivity contribution in [1.29, 1.82) is 0 Å². The van der Waals surface area contributed by atoms with Crippen molar-refractivity contribution in [1.82, 2.24) is 9.55 Å². The van der Waals surface area contributed by atoms with Gasteiger partial charge in [-0.1, -0.05) is 0 Å². The molecule has 0 saturated heterocycles. The number of imidazole rings is 1. The molecule has 0 saturated carbocycles. The number of ether oxygens (including phenoxy) is 1. The molecule has 4 nitrogen and oxygen atoms in total. The van der Waals surface area contributed by atoms with E-state index in [1.165, 1.54) is 0 Å². The monoisotopic (exact) mass is 211 g/mol. The molecule has 0 aliphatic heterocycles. The van der Waals surface area contributed by atoms with Crippen LogP contribution >= 0.6 is 0 Å². The lowest BCUT2D eigenvalue weighted by atomic mass is 10.1. The van der Waals surface area contributed by atoms with E-state index in [0.717, 1.165) is 5.95 Å². The van der Waals surface area contributed by atoms with E-state index in [-0.39, 0.29) is 5.54 Å². The molecule has 0 unspecified atom stereocenters. The molecule has 1 aromatic rings. The maximum atomic E-state index is 5.16. The average molecular weight is 211 g/mol. The first-order valence-electron chi connectivity index (χ1n) is 5.26. The number of hydrogen-bond donors (Lipinski definition) is 1. The fourth-order valence-corrected chi connectivity index (χ4v) is 1.53. The van der Waals surface area contributed by atoms with Gasteiger partial charge < -0.3 is 14.6 Å². The van der Waals surface area contributed by atoms with Crippen LogP contribution in [-0.2, 0) is 4.74 Å². The molecule has 1 rings (SSSR count). The number of methoxy groups -OCH3 is 1. The zero-order valence-corrected chi connectivity index (χ0v) is 10.2. The van der Waals surface area contributed by atoms with Crippen LogP contribution in [0.2, 0.25) is 0 Å². The van der Waals surface area contributed by atoms with E-state index in [1.54, 1.807) is 7.11 Å². The van der Waals surface area contributed by atoms with Gasteiger partial charge in [0, 0.05) is 25.5 Å². The lowest BCUT2D eigenvalue weighted by molar-refractivity contribution is 0.157. The molecular weight excluding hydrogens is 190 g/mol. The number of aromatic nitrogens is 2. The second-order valence-electron chi connectivity index (χ2n) is 4.69. The lowest BCUT2D eigenvalue weighted by Gasteiger charge is -2.27. The fraction of sp³-hybridized carbons (Fsp3) is 0.727. The Morgan fingerprint density at radius 3 is 2.73 bits per heavy atom. The molecule has 1 heterocycles. The van der Waals surface area contributed by atoms with Gasteiger partial charge in [-0.15, -0.1) is 0 Å². The standard InChI is InChI=1S/C11H21N3O/c1-9(2)14-7-6-12-10(14)13-11(3,4)8-15-5/h6-7,9H,8H2,1-5H3,(H,12,13). The van der Waals surface area contributed by atoms with Gasteiger partial charge in [-0.3, -0.25) is 0 Å². The SMILES string of the molecule is COCC(C)(C)Nc1nccn1C(C)C. The van der Waals surface area contributed by atoms with Crippen molar-refractivity contribution >= 4 is 5.95 Å². The molecule has 4 heteroatoms. The predicted molar refractivity (Wildman–Crippen MR) is 62.2 cm³/mol. The van der Waals surface area contributed by atoms with Crippen molar-refractivity contribution in [2.75, 3.05) is 19.0 Å². The second-order valence-corrected chi connectivity index (χ2v) is 4.69. The van der Waals surface area contributed by atoms with Crippen LogP contribution < -0.4 is 5.32 Å². The van der Waals surface area contributed by atoms with Crippen LogP contribution in [0.5, 0.6) is 0 Å². The Bertz CT molecular complexity index is 305. The maximum absolute atomic E-state index is 5.16. The Hall–Kier alpha value is -1.03. The molecule has 0 amide bonds. The first-order chi connectivity index (χ1) is 6.96. The first-order valence-corrected chi connectivity index (χ1v) is 5.26. The van der Waals surface area contributed by atoms with E-state index in [1.807, 2.05) is 12.4 Å². The number of anilines is 1. The third-order valence-corrected chi connectivity index (χ3v) is 2.18. The highest BCUT2D eigenvalue weighted by atomic mass is 16.5. The third-order valence-electron chi connectivity index (χ3n) is 2.18. The highest BCUT2D eigenvalue weighted by Crippen LogP contribution is 2.17. The summed E-state index contributed by atoms with van der Waals surface area (Å²) in [4.78, 5) is 4.30. The van der Waals surface area contributed by atoms with Crippen LogP contribution in [0.1, 0.15) is 33.7 Å². The Kier molecular flexibility index (Phi) is 3.74. The van der Waals surface area contributed by atoms with Gasteiger partial charge >= 0.3 is 0 Å². The minimum Gasteiger partial charge on any atom is -0.382 e. The topological polar surface area (TPSA) is 39.1 Å². The molecule has 0 aromatic carbocycles. The largest absolute Gasteiger partial charge is 0.382 e. The average Bonchev–Trinajstić information content (AvgIpc) is 2.50. The third kappa shape index (κ3) is 3.23. The number of rotatable bonds is 5. The van der Waals surface area contributed by atoms with Crippen LogP contribution in [0.4, 0.5) is 5.95 Å². The summed E-state index contributed by atoms with van der Waals surface area (Å²) in [6.07, 6.45) is 3.79. The van der Waals surface area contributed by atoms with Crippen LogP contribution in [0.15, 0.2) is 12.4 Å². The summed E-state index contributed by atoms with van der Waals surface area (Å²) in [6.45, 7) is 9.11. The Balaban J connectivity index is 2.75. The summed E-state index contributed by atoms with van der Waals surface area (Å²) in [5.74, 6) is 0.895. The normalized spacial score (nSPS) is 12.1. The van der Waals surface area contributed by atoms with Crippen molar-refractivity contribution in [3.63, 3.8) is 0 Å². The molecule has 0 spiro atoms. The number of nitrogens with one attached hydrogen (secondary N) is 1. The van der Waals surface area contributed by atoms with Gasteiger partial charge in [0.15, 0.2) is 0 Å². The summed E-state index contributed by atoms with van der Waals surface area (Å²) in [7, 11) is 1.71. The predicted octanol–water partition coefficient (Wildman–Crippen LogP) is 2.30. The van der Waals surface area contributed by atoms with E-state index in [4.69, 9.17) is 4.74 Å². The number of hydrogen-bond acceptors (Lipinski definition) is 3. The van der Waals surface area contributed by atoms with E-state index >= 15 is 0 Å². The van der Waals surface area contributed by atoms with Crippen LogP contribution in [0, 0.1) is 0 Å². The summed E-state index contributed by atoms with van der Waals surface area (Å²) in [5, 5.41) is 3.38. The Morgan fingerprint density at radius 1 is 1.53 bits per heavy atom. The van der Waals surface area contributed by atoms with Crippen molar-refractivity contribution in [3.8, 4) is 0 Å². The zero-order valence-electron chi connectivity index (χ0n) is 10.2. The fourth-order valence-electron chi connectivity index (χ4n) is 1.53. The van der Waals surface area contributed by atoms with Crippen molar-refractivity contribution in [3.05, 3.63) is 12.4 Å². The van der Waals surface area contributed by atoms with E-state index in [2.05, 4.69) is 42.6 Å². The van der Waals surface area contributed by atoms with Crippen LogP contribution in [0.25, 0.3) is 0 Å². The summed E-state index contributed by atoms with van der Waals surface area (Å²) >= 11 is 0. The van der Waals surface area contributed by atoms with Gasteiger partial charge in [-0.2, -0.15) is 0 Å². The summed E-state index contributed by atoms with van der Waals surface area (Å²) in [6, 6.07) is 0.411. The minimum absolute atomic E-state index is 0.104. The van der Waals surface area contributed by atoms with Gasteiger partial charge in [0.25, 0.3) is 0 Å². The molecular formula is C11H21N3O. The molecule has 0 aliphatic carbocycles. The maximum Gasteiger partial charge on any atom is 0.203 e. The second kappa shape index (κ2) is 4.66. The van der Waals surface area contributed by atoms with Crippen LogP contribution in [0.3, 0.4) is 0 Å².